The summed E-state index contributed by atoms with van der Waals surface area (Å²) < 4.78 is 6.25. The van der Waals surface area contributed by atoms with Crippen LogP contribution in [0.25, 0.3) is 22.8 Å². The van der Waals surface area contributed by atoms with E-state index >= 15 is 0 Å². The van der Waals surface area contributed by atoms with Gasteiger partial charge in [-0.05, 0) is 42.5 Å². The van der Waals surface area contributed by atoms with Crippen molar-refractivity contribution in [2.45, 2.75) is 0 Å². The minimum atomic E-state index is 0.435. The van der Waals surface area contributed by atoms with Crippen molar-refractivity contribution in [1.29, 1.82) is 0 Å². The molecule has 0 bridgehead atoms. The first-order valence-electron chi connectivity index (χ1n) is 5.68. The molecule has 0 atom stereocenters. The van der Waals surface area contributed by atoms with Gasteiger partial charge in [-0.3, -0.25) is 0 Å². The van der Waals surface area contributed by atoms with Crippen LogP contribution in [0.2, 0.25) is 10.0 Å². The van der Waals surface area contributed by atoms with E-state index in [0.717, 1.165) is 10.0 Å². The molecule has 3 nitrogen and oxygen atoms in total. The zero-order chi connectivity index (χ0) is 14.1. The van der Waals surface area contributed by atoms with Gasteiger partial charge in [0, 0.05) is 20.6 Å². The molecular formula is C14H7BrCl2N2O. The number of nitrogens with zero attached hydrogens (tertiary/aromatic N) is 2. The second-order valence-corrected chi connectivity index (χ2v) is 5.81. The fraction of sp³-hybridized carbons (Fsp3) is 0. The topological polar surface area (TPSA) is 38.9 Å². The van der Waals surface area contributed by atoms with Gasteiger partial charge in [-0.1, -0.05) is 44.3 Å². The van der Waals surface area contributed by atoms with Crippen LogP contribution in [0.3, 0.4) is 0 Å². The summed E-state index contributed by atoms with van der Waals surface area (Å²) in [4.78, 5) is 4.35. The highest BCUT2D eigenvalue weighted by Gasteiger charge is 2.13. The summed E-state index contributed by atoms with van der Waals surface area (Å²) in [5.74, 6) is 0.878. The molecule has 0 saturated heterocycles. The summed E-state index contributed by atoms with van der Waals surface area (Å²) in [5.41, 5.74) is 1.53. The maximum Gasteiger partial charge on any atom is 0.258 e. The molecule has 0 spiro atoms. The molecule has 0 saturated carbocycles. The van der Waals surface area contributed by atoms with E-state index in [1.54, 1.807) is 18.2 Å². The SMILES string of the molecule is Clc1ccc(-c2noc(-c3ccc(Br)cc3)n2)c(Cl)c1. The lowest BCUT2D eigenvalue weighted by Gasteiger charge is -1.98. The van der Waals surface area contributed by atoms with Crippen molar-refractivity contribution in [2.24, 2.45) is 0 Å². The Morgan fingerprint density at radius 1 is 1.00 bits per heavy atom. The lowest BCUT2D eigenvalue weighted by molar-refractivity contribution is 0.432. The highest BCUT2D eigenvalue weighted by Crippen LogP contribution is 2.30. The fourth-order valence-electron chi connectivity index (χ4n) is 1.71. The number of hydrogen-bond donors (Lipinski definition) is 0. The Morgan fingerprint density at radius 2 is 1.75 bits per heavy atom. The van der Waals surface area contributed by atoms with Gasteiger partial charge in [0.15, 0.2) is 0 Å². The van der Waals surface area contributed by atoms with E-state index in [1.807, 2.05) is 24.3 Å². The Bertz CT molecular complexity index is 756. The minimum absolute atomic E-state index is 0.435. The van der Waals surface area contributed by atoms with Crippen molar-refractivity contribution < 1.29 is 4.52 Å². The molecule has 100 valence electrons. The van der Waals surface area contributed by atoms with Gasteiger partial charge in [0.2, 0.25) is 5.82 Å². The van der Waals surface area contributed by atoms with Crippen LogP contribution < -0.4 is 0 Å². The normalized spacial score (nSPS) is 10.8. The van der Waals surface area contributed by atoms with Crippen LogP contribution >= 0.6 is 39.1 Å². The van der Waals surface area contributed by atoms with Gasteiger partial charge in [-0.25, -0.2) is 0 Å². The van der Waals surface area contributed by atoms with Gasteiger partial charge in [-0.2, -0.15) is 4.98 Å². The predicted octanol–water partition coefficient (Wildman–Crippen LogP) is 5.47. The molecule has 0 N–H and O–H groups in total. The average molecular weight is 370 g/mol. The Morgan fingerprint density at radius 3 is 2.45 bits per heavy atom. The molecule has 3 rings (SSSR count). The lowest BCUT2D eigenvalue weighted by atomic mass is 10.2. The second kappa shape index (κ2) is 5.56. The number of hydrogen-bond acceptors (Lipinski definition) is 3. The quantitative estimate of drug-likeness (QED) is 0.600. The van der Waals surface area contributed by atoms with Crippen LogP contribution in [0.1, 0.15) is 0 Å². The highest BCUT2D eigenvalue weighted by molar-refractivity contribution is 9.10. The van der Waals surface area contributed by atoms with Crippen molar-refractivity contribution in [3.8, 4) is 22.8 Å². The van der Waals surface area contributed by atoms with Crippen molar-refractivity contribution in [3.63, 3.8) is 0 Å². The monoisotopic (exact) mass is 368 g/mol. The van der Waals surface area contributed by atoms with E-state index < -0.39 is 0 Å². The van der Waals surface area contributed by atoms with Gasteiger partial charge in [0.25, 0.3) is 5.89 Å². The van der Waals surface area contributed by atoms with Crippen LogP contribution in [0, 0.1) is 0 Å². The fourth-order valence-corrected chi connectivity index (χ4v) is 2.47. The van der Waals surface area contributed by atoms with E-state index in [2.05, 4.69) is 26.1 Å². The molecule has 0 amide bonds. The summed E-state index contributed by atoms with van der Waals surface area (Å²) in [7, 11) is 0. The molecular weight excluding hydrogens is 363 g/mol. The van der Waals surface area contributed by atoms with E-state index in [-0.39, 0.29) is 0 Å². The third-order valence-corrected chi connectivity index (χ3v) is 3.77. The lowest BCUT2D eigenvalue weighted by Crippen LogP contribution is -1.83. The zero-order valence-corrected chi connectivity index (χ0v) is 13.1. The molecule has 1 aromatic heterocycles. The van der Waals surface area contributed by atoms with Gasteiger partial charge < -0.3 is 4.52 Å². The Balaban J connectivity index is 1.99. The number of aromatic nitrogens is 2. The van der Waals surface area contributed by atoms with Crippen LogP contribution in [0.5, 0.6) is 0 Å². The molecule has 0 aliphatic heterocycles. The molecule has 0 aliphatic carbocycles. The molecule has 0 unspecified atom stereocenters. The molecule has 6 heteroatoms. The third-order valence-electron chi connectivity index (χ3n) is 2.69. The number of rotatable bonds is 2. The predicted molar refractivity (Wildman–Crippen MR) is 82.9 cm³/mol. The number of halogens is 3. The first-order valence-corrected chi connectivity index (χ1v) is 7.23. The Hall–Kier alpha value is -1.36. The molecule has 2 aromatic carbocycles. The van der Waals surface area contributed by atoms with Gasteiger partial charge in [0.05, 0.1) is 5.02 Å². The molecule has 20 heavy (non-hydrogen) atoms. The second-order valence-electron chi connectivity index (χ2n) is 4.05. The zero-order valence-electron chi connectivity index (χ0n) is 9.98. The molecule has 0 radical (unpaired) electrons. The third kappa shape index (κ3) is 2.73. The van der Waals surface area contributed by atoms with Crippen LogP contribution in [0.15, 0.2) is 51.5 Å². The highest BCUT2D eigenvalue weighted by atomic mass is 79.9. The summed E-state index contributed by atoms with van der Waals surface area (Å²) in [6.45, 7) is 0. The van der Waals surface area contributed by atoms with E-state index in [1.165, 1.54) is 0 Å². The van der Waals surface area contributed by atoms with Gasteiger partial charge in [-0.15, -0.1) is 0 Å². The summed E-state index contributed by atoms with van der Waals surface area (Å²) in [5, 5.41) is 5.00. The largest absolute Gasteiger partial charge is 0.334 e. The first kappa shape index (κ1) is 13.6. The van der Waals surface area contributed by atoms with Crippen LogP contribution in [-0.2, 0) is 0 Å². The average Bonchev–Trinajstić information content (AvgIpc) is 2.89. The van der Waals surface area contributed by atoms with E-state index in [9.17, 15) is 0 Å². The van der Waals surface area contributed by atoms with Crippen molar-refractivity contribution >= 4 is 39.1 Å². The van der Waals surface area contributed by atoms with E-state index in [0.29, 0.717) is 27.3 Å². The molecule has 0 fully saturated rings. The minimum Gasteiger partial charge on any atom is -0.334 e. The van der Waals surface area contributed by atoms with Crippen molar-refractivity contribution in [1.82, 2.24) is 10.1 Å². The van der Waals surface area contributed by atoms with Crippen LogP contribution in [-0.4, -0.2) is 10.1 Å². The van der Waals surface area contributed by atoms with Crippen molar-refractivity contribution in [3.05, 3.63) is 57.0 Å². The standard InChI is InChI=1S/C14H7BrCl2N2O/c15-9-3-1-8(2-4-9)14-18-13(19-20-14)11-6-5-10(16)7-12(11)17/h1-7H. The maximum atomic E-state index is 6.13. The van der Waals surface area contributed by atoms with Gasteiger partial charge >= 0.3 is 0 Å². The van der Waals surface area contributed by atoms with E-state index in [4.69, 9.17) is 27.7 Å². The summed E-state index contributed by atoms with van der Waals surface area (Å²) in [6, 6.07) is 12.8. The first-order chi connectivity index (χ1) is 9.63. The van der Waals surface area contributed by atoms with Gasteiger partial charge in [0.1, 0.15) is 0 Å². The summed E-state index contributed by atoms with van der Waals surface area (Å²) in [6.07, 6.45) is 0. The summed E-state index contributed by atoms with van der Waals surface area (Å²) >= 11 is 15.4. The molecule has 3 aromatic rings. The Labute approximate surface area is 133 Å². The smallest absolute Gasteiger partial charge is 0.258 e. The Kier molecular flexibility index (Phi) is 3.78. The van der Waals surface area contributed by atoms with Crippen molar-refractivity contribution in [2.75, 3.05) is 0 Å². The van der Waals surface area contributed by atoms with Crippen LogP contribution in [0.4, 0.5) is 0 Å². The molecule has 1 heterocycles. The maximum absolute atomic E-state index is 6.13. The molecule has 0 aliphatic rings. The number of benzene rings is 2.